The molecule has 0 fully saturated rings. The number of carbonyl (C=O) groups excluding carboxylic acids is 1. The highest BCUT2D eigenvalue weighted by Crippen LogP contribution is 2.05. The number of hydrogen-bond donors (Lipinski definition) is 3. The highest BCUT2D eigenvalue weighted by atomic mass is 16.4. The minimum atomic E-state index is -1.07. The lowest BCUT2D eigenvalue weighted by Gasteiger charge is -2.13. The number of H-pyrrole nitrogens is 1. The Morgan fingerprint density at radius 1 is 1.33 bits per heavy atom. The standard InChI is InChI=1S/C15H17N3O3/c1-2-11-9-12(18-17-11)14(19)16-13(15(20)21)8-10-6-4-3-5-7-10/h3-7,9,13H,2,8H2,1H3,(H,16,19)(H,17,18)(H,20,21)/t13-/m1/s1. The molecule has 1 amide bonds. The van der Waals surface area contributed by atoms with Crippen molar-refractivity contribution in [1.82, 2.24) is 15.5 Å². The Morgan fingerprint density at radius 3 is 2.62 bits per heavy atom. The number of carboxylic acid groups (broad SMARTS) is 1. The number of hydrogen-bond acceptors (Lipinski definition) is 3. The molecule has 0 aliphatic rings. The smallest absolute Gasteiger partial charge is 0.326 e. The molecule has 3 N–H and O–H groups in total. The van der Waals surface area contributed by atoms with Gasteiger partial charge in [-0.25, -0.2) is 4.79 Å². The second-order valence-corrected chi connectivity index (χ2v) is 4.69. The molecule has 1 aromatic heterocycles. The molecule has 0 radical (unpaired) electrons. The van der Waals surface area contributed by atoms with Crippen molar-refractivity contribution in [1.29, 1.82) is 0 Å². The van der Waals surface area contributed by atoms with Gasteiger partial charge in [0.05, 0.1) is 0 Å². The van der Waals surface area contributed by atoms with Crippen LogP contribution in [-0.4, -0.2) is 33.2 Å². The van der Waals surface area contributed by atoms with Crippen molar-refractivity contribution in [3.05, 3.63) is 53.3 Å². The number of rotatable bonds is 6. The number of aliphatic carboxylic acids is 1. The van der Waals surface area contributed by atoms with Crippen molar-refractivity contribution in [2.45, 2.75) is 25.8 Å². The van der Waals surface area contributed by atoms with Gasteiger partial charge in [-0.1, -0.05) is 37.3 Å². The molecule has 2 rings (SSSR count). The van der Waals surface area contributed by atoms with E-state index in [9.17, 15) is 14.7 Å². The summed E-state index contributed by atoms with van der Waals surface area (Å²) in [4.78, 5) is 23.3. The van der Waals surface area contributed by atoms with Crippen LogP contribution in [0, 0.1) is 0 Å². The van der Waals surface area contributed by atoms with E-state index < -0.39 is 17.9 Å². The van der Waals surface area contributed by atoms with Gasteiger partial charge in [-0.2, -0.15) is 5.10 Å². The van der Waals surface area contributed by atoms with Gasteiger partial charge in [0.25, 0.3) is 5.91 Å². The number of aromatic amines is 1. The molecule has 0 aliphatic heterocycles. The first kappa shape index (κ1) is 14.8. The molecular weight excluding hydrogens is 270 g/mol. The predicted molar refractivity (Wildman–Crippen MR) is 77.0 cm³/mol. The molecule has 0 spiro atoms. The summed E-state index contributed by atoms with van der Waals surface area (Å²) in [5.41, 5.74) is 1.88. The number of aromatic nitrogens is 2. The van der Waals surface area contributed by atoms with E-state index in [-0.39, 0.29) is 12.1 Å². The molecule has 0 unspecified atom stereocenters. The highest BCUT2D eigenvalue weighted by Gasteiger charge is 2.22. The first-order valence-electron chi connectivity index (χ1n) is 6.72. The molecule has 6 nitrogen and oxygen atoms in total. The van der Waals surface area contributed by atoms with Gasteiger partial charge < -0.3 is 10.4 Å². The Kier molecular flexibility index (Phi) is 4.71. The van der Waals surface area contributed by atoms with Crippen LogP contribution in [0.25, 0.3) is 0 Å². The Balaban J connectivity index is 2.05. The maximum Gasteiger partial charge on any atom is 0.326 e. The van der Waals surface area contributed by atoms with Crippen LogP contribution in [0.4, 0.5) is 0 Å². The number of carboxylic acids is 1. The Morgan fingerprint density at radius 2 is 2.05 bits per heavy atom. The minimum Gasteiger partial charge on any atom is -0.480 e. The van der Waals surface area contributed by atoms with E-state index in [1.54, 1.807) is 6.07 Å². The summed E-state index contributed by atoms with van der Waals surface area (Å²) < 4.78 is 0. The van der Waals surface area contributed by atoms with Crippen molar-refractivity contribution in [3.63, 3.8) is 0 Å². The van der Waals surface area contributed by atoms with Crippen molar-refractivity contribution in [2.24, 2.45) is 0 Å². The molecule has 110 valence electrons. The van der Waals surface area contributed by atoms with E-state index in [4.69, 9.17) is 0 Å². The molecule has 1 atom stereocenters. The van der Waals surface area contributed by atoms with Crippen molar-refractivity contribution >= 4 is 11.9 Å². The fraction of sp³-hybridized carbons (Fsp3) is 0.267. The van der Waals surface area contributed by atoms with Gasteiger partial charge in [0.2, 0.25) is 0 Å². The fourth-order valence-corrected chi connectivity index (χ4v) is 1.94. The van der Waals surface area contributed by atoms with Gasteiger partial charge in [-0.3, -0.25) is 9.89 Å². The van der Waals surface area contributed by atoms with Crippen molar-refractivity contribution in [3.8, 4) is 0 Å². The van der Waals surface area contributed by atoms with E-state index in [2.05, 4.69) is 15.5 Å². The normalized spacial score (nSPS) is 11.9. The van der Waals surface area contributed by atoms with Gasteiger partial charge in [0.1, 0.15) is 11.7 Å². The first-order valence-corrected chi connectivity index (χ1v) is 6.72. The zero-order chi connectivity index (χ0) is 15.2. The van der Waals surface area contributed by atoms with Crippen LogP contribution in [0.5, 0.6) is 0 Å². The number of benzene rings is 1. The van der Waals surface area contributed by atoms with E-state index in [1.165, 1.54) is 0 Å². The molecule has 0 aliphatic carbocycles. The van der Waals surface area contributed by atoms with Crippen molar-refractivity contribution in [2.75, 3.05) is 0 Å². The van der Waals surface area contributed by atoms with E-state index in [0.717, 1.165) is 17.7 Å². The highest BCUT2D eigenvalue weighted by molar-refractivity contribution is 5.95. The third-order valence-corrected chi connectivity index (χ3v) is 3.13. The van der Waals surface area contributed by atoms with Crippen molar-refractivity contribution < 1.29 is 14.7 Å². The molecule has 1 aromatic carbocycles. The van der Waals surface area contributed by atoms with Gasteiger partial charge >= 0.3 is 5.97 Å². The summed E-state index contributed by atoms with van der Waals surface area (Å²) in [6, 6.07) is 9.80. The lowest BCUT2D eigenvalue weighted by molar-refractivity contribution is -0.139. The Labute approximate surface area is 122 Å². The third kappa shape index (κ3) is 3.92. The topological polar surface area (TPSA) is 95.1 Å². The molecule has 21 heavy (non-hydrogen) atoms. The number of aryl methyl sites for hydroxylation is 1. The maximum absolute atomic E-state index is 12.0. The average molecular weight is 287 g/mol. The van der Waals surface area contributed by atoms with Crippen LogP contribution in [0.1, 0.15) is 28.7 Å². The van der Waals surface area contributed by atoms with Gasteiger partial charge in [0, 0.05) is 12.1 Å². The molecule has 0 bridgehead atoms. The van der Waals surface area contributed by atoms with E-state index >= 15 is 0 Å². The quantitative estimate of drug-likeness (QED) is 0.748. The molecule has 2 aromatic rings. The molecule has 1 heterocycles. The van der Waals surface area contributed by atoms with E-state index in [0.29, 0.717) is 0 Å². The van der Waals surface area contributed by atoms with E-state index in [1.807, 2.05) is 37.3 Å². The van der Waals surface area contributed by atoms with Crippen LogP contribution >= 0.6 is 0 Å². The summed E-state index contributed by atoms with van der Waals surface area (Å²) in [7, 11) is 0. The second kappa shape index (κ2) is 6.69. The summed E-state index contributed by atoms with van der Waals surface area (Å²) in [5, 5.41) is 18.3. The fourth-order valence-electron chi connectivity index (χ4n) is 1.94. The zero-order valence-corrected chi connectivity index (χ0v) is 11.7. The van der Waals surface area contributed by atoms with Gasteiger partial charge in [-0.15, -0.1) is 0 Å². The summed E-state index contributed by atoms with van der Waals surface area (Å²) in [5.74, 6) is -1.56. The number of amides is 1. The largest absolute Gasteiger partial charge is 0.480 e. The lowest BCUT2D eigenvalue weighted by atomic mass is 10.1. The monoisotopic (exact) mass is 287 g/mol. The summed E-state index contributed by atoms with van der Waals surface area (Å²) in [6.45, 7) is 1.94. The minimum absolute atomic E-state index is 0.200. The molecule has 6 heteroatoms. The maximum atomic E-state index is 12.0. The van der Waals surface area contributed by atoms with Crippen LogP contribution in [0.15, 0.2) is 36.4 Å². The number of nitrogens with one attached hydrogen (secondary N) is 2. The van der Waals surface area contributed by atoms with Crippen LogP contribution in [-0.2, 0) is 17.6 Å². The summed E-state index contributed by atoms with van der Waals surface area (Å²) >= 11 is 0. The van der Waals surface area contributed by atoms with Crippen LogP contribution in [0.2, 0.25) is 0 Å². The van der Waals surface area contributed by atoms with Gasteiger partial charge in [0.15, 0.2) is 0 Å². The first-order chi connectivity index (χ1) is 10.1. The zero-order valence-electron chi connectivity index (χ0n) is 11.7. The molecular formula is C15H17N3O3. The second-order valence-electron chi connectivity index (χ2n) is 4.69. The SMILES string of the molecule is CCc1cc(C(=O)N[C@H](Cc2ccccc2)C(=O)O)n[nH]1. The third-order valence-electron chi connectivity index (χ3n) is 3.13. The van der Waals surface area contributed by atoms with Gasteiger partial charge in [-0.05, 0) is 18.1 Å². The number of nitrogens with zero attached hydrogens (tertiary/aromatic N) is 1. The van der Waals surface area contributed by atoms with Crippen LogP contribution < -0.4 is 5.32 Å². The lowest BCUT2D eigenvalue weighted by Crippen LogP contribution is -2.42. The predicted octanol–water partition coefficient (Wildman–Crippen LogP) is 1.40. The molecule has 0 saturated heterocycles. The Bertz CT molecular complexity index is 622. The summed E-state index contributed by atoms with van der Waals surface area (Å²) in [6.07, 6.45) is 0.958. The number of carbonyl (C=O) groups is 2. The average Bonchev–Trinajstić information content (AvgIpc) is 2.96. The Hall–Kier alpha value is -2.63. The van der Waals surface area contributed by atoms with Crippen LogP contribution in [0.3, 0.4) is 0 Å². The molecule has 0 saturated carbocycles.